The number of phenolic OH excluding ortho intramolecular Hbond substituents is 1. The summed E-state index contributed by atoms with van der Waals surface area (Å²) in [6, 6.07) is 13.9. The molecule has 1 heterocycles. The van der Waals surface area contributed by atoms with Crippen molar-refractivity contribution in [3.05, 3.63) is 59.2 Å². The van der Waals surface area contributed by atoms with Crippen LogP contribution in [0.2, 0.25) is 0 Å². The van der Waals surface area contributed by atoms with Crippen molar-refractivity contribution in [2.24, 2.45) is 0 Å². The van der Waals surface area contributed by atoms with Crippen LogP contribution in [0, 0.1) is 0 Å². The van der Waals surface area contributed by atoms with E-state index in [-0.39, 0.29) is 11.8 Å². The summed E-state index contributed by atoms with van der Waals surface area (Å²) in [5.74, 6) is 3.24. The van der Waals surface area contributed by atoms with Gasteiger partial charge in [-0.3, -0.25) is 4.90 Å². The summed E-state index contributed by atoms with van der Waals surface area (Å²) in [5.41, 5.74) is 3.48. The lowest BCUT2D eigenvalue weighted by Gasteiger charge is -2.36. The number of benzene rings is 4. The van der Waals surface area contributed by atoms with Gasteiger partial charge in [-0.15, -0.1) is 0 Å². The minimum atomic E-state index is -0.0530. The van der Waals surface area contributed by atoms with E-state index < -0.39 is 0 Å². The first-order chi connectivity index (χ1) is 17.4. The minimum absolute atomic E-state index is 0.0530. The van der Waals surface area contributed by atoms with Crippen LogP contribution in [-0.2, 0) is 6.42 Å². The van der Waals surface area contributed by atoms with E-state index in [4.69, 9.17) is 23.7 Å². The Labute approximate surface area is 210 Å². The maximum atomic E-state index is 10.6. The molecule has 0 radical (unpaired) electrons. The topological polar surface area (TPSA) is 69.6 Å². The smallest absolute Gasteiger partial charge is 0.161 e. The highest BCUT2D eigenvalue weighted by atomic mass is 16.5. The first-order valence-corrected chi connectivity index (χ1v) is 11.8. The van der Waals surface area contributed by atoms with E-state index in [1.54, 1.807) is 41.6 Å². The molecule has 1 N–H and O–H groups in total. The quantitative estimate of drug-likeness (QED) is 0.368. The second kappa shape index (κ2) is 9.32. The summed E-state index contributed by atoms with van der Waals surface area (Å²) in [6.07, 6.45) is 0.906. The largest absolute Gasteiger partial charge is 0.504 e. The summed E-state index contributed by atoms with van der Waals surface area (Å²) in [5, 5.41) is 14.5. The standard InChI is InChI=1S/C29H31NO6/c1-30-8-7-16-11-25(33-3)26(34-4)13-19(16)29(30)22-9-17-10-23(31)24(32-2)12-18(17)20-14-27(35-5)28(36-6)15-21(20)22/h9-15,29,31H,7-8H2,1-6H3. The van der Waals surface area contributed by atoms with Crippen LogP contribution in [0.25, 0.3) is 21.5 Å². The average molecular weight is 490 g/mol. The van der Waals surface area contributed by atoms with Gasteiger partial charge in [0.05, 0.1) is 41.6 Å². The highest BCUT2D eigenvalue weighted by Crippen LogP contribution is 2.47. The summed E-state index contributed by atoms with van der Waals surface area (Å²) in [7, 11) is 10.3. The van der Waals surface area contributed by atoms with Crippen molar-refractivity contribution < 1.29 is 28.8 Å². The number of fused-ring (bicyclic) bond motifs is 4. The second-order valence-electron chi connectivity index (χ2n) is 9.00. The molecule has 188 valence electrons. The zero-order valence-electron chi connectivity index (χ0n) is 21.5. The molecule has 0 spiro atoms. The molecular weight excluding hydrogens is 458 g/mol. The fourth-order valence-corrected chi connectivity index (χ4v) is 5.39. The van der Waals surface area contributed by atoms with Gasteiger partial charge >= 0.3 is 0 Å². The van der Waals surface area contributed by atoms with Crippen LogP contribution in [0.3, 0.4) is 0 Å². The van der Waals surface area contributed by atoms with E-state index in [1.807, 2.05) is 18.2 Å². The molecule has 1 aliphatic heterocycles. The molecule has 36 heavy (non-hydrogen) atoms. The molecule has 5 rings (SSSR count). The SMILES string of the molecule is COc1cc2c(cc1O)cc(C1c3cc(OC)c(OC)cc3CCN1C)c1cc(OC)c(OC)cc12. The van der Waals surface area contributed by atoms with E-state index >= 15 is 0 Å². The molecule has 1 aliphatic rings. The Bertz CT molecular complexity index is 1460. The van der Waals surface area contributed by atoms with Gasteiger partial charge in [0, 0.05) is 6.54 Å². The van der Waals surface area contributed by atoms with Gasteiger partial charge in [0.15, 0.2) is 34.5 Å². The molecule has 4 aromatic carbocycles. The lowest BCUT2D eigenvalue weighted by atomic mass is 9.84. The van der Waals surface area contributed by atoms with Crippen molar-refractivity contribution in [2.45, 2.75) is 12.5 Å². The maximum Gasteiger partial charge on any atom is 0.161 e. The van der Waals surface area contributed by atoms with Gasteiger partial charge in [-0.1, -0.05) is 0 Å². The zero-order chi connectivity index (χ0) is 25.6. The zero-order valence-corrected chi connectivity index (χ0v) is 21.5. The number of hydrogen-bond acceptors (Lipinski definition) is 7. The first-order valence-electron chi connectivity index (χ1n) is 11.8. The van der Waals surface area contributed by atoms with Gasteiger partial charge in [-0.2, -0.15) is 0 Å². The van der Waals surface area contributed by atoms with Crippen LogP contribution >= 0.6 is 0 Å². The van der Waals surface area contributed by atoms with Gasteiger partial charge in [-0.05, 0) is 94.2 Å². The fourth-order valence-electron chi connectivity index (χ4n) is 5.39. The third kappa shape index (κ3) is 3.71. The van der Waals surface area contributed by atoms with Crippen LogP contribution < -0.4 is 23.7 Å². The van der Waals surface area contributed by atoms with E-state index in [0.717, 1.165) is 51.4 Å². The van der Waals surface area contributed by atoms with Crippen LogP contribution in [-0.4, -0.2) is 59.1 Å². The van der Waals surface area contributed by atoms with Gasteiger partial charge in [0.2, 0.25) is 0 Å². The Kier molecular flexibility index (Phi) is 6.18. The average Bonchev–Trinajstić information content (AvgIpc) is 2.90. The van der Waals surface area contributed by atoms with Crippen molar-refractivity contribution >= 4 is 21.5 Å². The van der Waals surface area contributed by atoms with Crippen LogP contribution in [0.4, 0.5) is 0 Å². The third-order valence-corrected chi connectivity index (χ3v) is 7.20. The van der Waals surface area contributed by atoms with Crippen molar-refractivity contribution in [2.75, 3.05) is 49.1 Å². The molecule has 1 atom stereocenters. The monoisotopic (exact) mass is 489 g/mol. The van der Waals surface area contributed by atoms with E-state index in [2.05, 4.69) is 30.1 Å². The van der Waals surface area contributed by atoms with Crippen LogP contribution in [0.1, 0.15) is 22.7 Å². The molecule has 0 aliphatic carbocycles. The third-order valence-electron chi connectivity index (χ3n) is 7.20. The normalized spacial score (nSPS) is 15.6. The van der Waals surface area contributed by atoms with Gasteiger partial charge in [-0.25, -0.2) is 0 Å². The molecule has 0 fully saturated rings. The Hall–Kier alpha value is -3.84. The Morgan fingerprint density at radius 2 is 1.19 bits per heavy atom. The lowest BCUT2D eigenvalue weighted by molar-refractivity contribution is 0.264. The molecule has 7 heteroatoms. The molecule has 4 aromatic rings. The summed E-state index contributed by atoms with van der Waals surface area (Å²) in [6.45, 7) is 0.883. The molecule has 0 saturated carbocycles. The fraction of sp³-hybridized carbons (Fsp3) is 0.310. The second-order valence-corrected chi connectivity index (χ2v) is 9.00. The maximum absolute atomic E-state index is 10.6. The molecule has 0 bridgehead atoms. The number of nitrogens with zero attached hydrogens (tertiary/aromatic N) is 1. The minimum Gasteiger partial charge on any atom is -0.504 e. The van der Waals surface area contributed by atoms with Crippen LogP contribution in [0.5, 0.6) is 34.5 Å². The molecule has 7 nitrogen and oxygen atoms in total. The number of methoxy groups -OCH3 is 5. The Balaban J connectivity index is 1.87. The van der Waals surface area contributed by atoms with Gasteiger partial charge in [0.25, 0.3) is 0 Å². The van der Waals surface area contributed by atoms with E-state index in [0.29, 0.717) is 23.0 Å². The summed E-state index contributed by atoms with van der Waals surface area (Å²) >= 11 is 0. The summed E-state index contributed by atoms with van der Waals surface area (Å²) < 4.78 is 28.0. The van der Waals surface area contributed by atoms with Crippen molar-refractivity contribution in [1.82, 2.24) is 4.90 Å². The number of hydrogen-bond donors (Lipinski definition) is 1. The Morgan fingerprint density at radius 1 is 0.639 bits per heavy atom. The first kappa shape index (κ1) is 23.9. The molecule has 0 aromatic heterocycles. The molecular formula is C29H31NO6. The number of phenols is 1. The lowest BCUT2D eigenvalue weighted by Crippen LogP contribution is -2.33. The van der Waals surface area contributed by atoms with E-state index in [9.17, 15) is 5.11 Å². The van der Waals surface area contributed by atoms with Gasteiger partial charge < -0.3 is 28.8 Å². The number of rotatable bonds is 6. The van der Waals surface area contributed by atoms with Crippen LogP contribution in [0.15, 0.2) is 42.5 Å². The highest BCUT2D eigenvalue weighted by molar-refractivity contribution is 6.11. The van der Waals surface area contributed by atoms with Gasteiger partial charge in [0.1, 0.15) is 0 Å². The predicted octanol–water partition coefficient (Wildman–Crippen LogP) is 5.32. The van der Waals surface area contributed by atoms with E-state index in [1.165, 1.54) is 5.56 Å². The highest BCUT2D eigenvalue weighted by Gasteiger charge is 2.30. The molecule has 0 amide bonds. The number of aromatic hydroxyl groups is 1. The summed E-state index contributed by atoms with van der Waals surface area (Å²) in [4.78, 5) is 2.34. The van der Waals surface area contributed by atoms with Crippen molar-refractivity contribution in [3.8, 4) is 34.5 Å². The molecule has 0 saturated heterocycles. The Morgan fingerprint density at radius 3 is 1.83 bits per heavy atom. The van der Waals surface area contributed by atoms with Crippen molar-refractivity contribution in [1.29, 1.82) is 0 Å². The number of likely N-dealkylation sites (N-methyl/N-ethyl adjacent to an activating group) is 1. The number of ether oxygens (including phenoxy) is 5. The predicted molar refractivity (Wildman–Crippen MR) is 140 cm³/mol. The molecule has 1 unspecified atom stereocenters. The van der Waals surface area contributed by atoms with Crippen molar-refractivity contribution in [3.63, 3.8) is 0 Å².